The molecule has 1 heterocycles. The number of nitrogens with one attached hydrogen (secondary N) is 2. The van der Waals surface area contributed by atoms with E-state index in [0.717, 1.165) is 10.9 Å². The van der Waals surface area contributed by atoms with E-state index in [0.29, 0.717) is 5.75 Å². The third-order valence-electron chi connectivity index (χ3n) is 4.43. The summed E-state index contributed by atoms with van der Waals surface area (Å²) < 4.78 is 7.29. The van der Waals surface area contributed by atoms with Crippen LogP contribution in [0.2, 0.25) is 0 Å². The second-order valence-corrected chi connectivity index (χ2v) is 7.66. The van der Waals surface area contributed by atoms with Gasteiger partial charge in [-0.2, -0.15) is 0 Å². The second kappa shape index (κ2) is 8.17. The van der Waals surface area contributed by atoms with Crippen LogP contribution in [0.5, 0.6) is 5.75 Å². The number of ether oxygens (including phenoxy) is 1. The number of fused-ring (bicyclic) bond motifs is 1. The molecule has 3 rings (SSSR count). The molecule has 28 heavy (non-hydrogen) atoms. The van der Waals surface area contributed by atoms with E-state index in [9.17, 15) is 9.59 Å². The molecule has 6 nitrogen and oxygen atoms in total. The number of nitrogens with zero attached hydrogens (tertiary/aromatic N) is 1. The monoisotopic (exact) mass is 379 g/mol. The summed E-state index contributed by atoms with van der Waals surface area (Å²) in [6.45, 7) is 6.34. The smallest absolute Gasteiger partial charge is 0.276 e. The van der Waals surface area contributed by atoms with Crippen LogP contribution in [-0.2, 0) is 21.5 Å². The van der Waals surface area contributed by atoms with Gasteiger partial charge < -0.3 is 9.30 Å². The standard InChI is InChI=1S/C22H25N3O3/c1-22(2,3)17-8-10-18(11-9-17)28-15-21(27)24-23-20(26)14-25-13-12-16-6-4-5-7-19(16)25/h4-13H,14-15H2,1-3H3,(H,23,26)(H,24,27). The van der Waals surface area contributed by atoms with Crippen molar-refractivity contribution in [1.29, 1.82) is 0 Å². The maximum absolute atomic E-state index is 12.1. The van der Waals surface area contributed by atoms with Gasteiger partial charge in [0.15, 0.2) is 6.61 Å². The normalized spacial score (nSPS) is 11.2. The summed E-state index contributed by atoms with van der Waals surface area (Å²) >= 11 is 0. The number of para-hydroxylation sites is 1. The molecule has 2 aromatic carbocycles. The topological polar surface area (TPSA) is 72.4 Å². The number of hydrazine groups is 1. The molecule has 0 saturated carbocycles. The van der Waals surface area contributed by atoms with Gasteiger partial charge >= 0.3 is 0 Å². The largest absolute Gasteiger partial charge is 0.484 e. The average Bonchev–Trinajstić information content (AvgIpc) is 3.07. The van der Waals surface area contributed by atoms with Crippen LogP contribution in [-0.4, -0.2) is 23.0 Å². The highest BCUT2D eigenvalue weighted by atomic mass is 16.5. The van der Waals surface area contributed by atoms with E-state index in [2.05, 4.69) is 31.6 Å². The fourth-order valence-electron chi connectivity index (χ4n) is 2.85. The molecule has 0 saturated heterocycles. The molecule has 0 fully saturated rings. The van der Waals surface area contributed by atoms with Gasteiger partial charge in [-0.05, 0) is 40.6 Å². The number of hydrogen-bond donors (Lipinski definition) is 2. The van der Waals surface area contributed by atoms with Gasteiger partial charge in [-0.3, -0.25) is 20.4 Å². The molecule has 3 aromatic rings. The van der Waals surface area contributed by atoms with Crippen molar-refractivity contribution in [3.63, 3.8) is 0 Å². The summed E-state index contributed by atoms with van der Waals surface area (Å²) in [5.41, 5.74) is 7.00. The van der Waals surface area contributed by atoms with Crippen molar-refractivity contribution in [3.05, 3.63) is 66.4 Å². The number of hydrogen-bond acceptors (Lipinski definition) is 3. The number of carbonyl (C=O) groups is 2. The first-order chi connectivity index (χ1) is 13.3. The fourth-order valence-corrected chi connectivity index (χ4v) is 2.85. The Bertz CT molecular complexity index is 969. The van der Waals surface area contributed by atoms with Crippen molar-refractivity contribution in [2.45, 2.75) is 32.7 Å². The highest BCUT2D eigenvalue weighted by Gasteiger charge is 2.13. The van der Waals surface area contributed by atoms with E-state index in [1.54, 1.807) is 0 Å². The summed E-state index contributed by atoms with van der Waals surface area (Å²) in [6, 6.07) is 17.4. The molecule has 0 aliphatic carbocycles. The Balaban J connectivity index is 1.44. The van der Waals surface area contributed by atoms with E-state index in [-0.39, 0.29) is 24.5 Å². The maximum atomic E-state index is 12.1. The quantitative estimate of drug-likeness (QED) is 0.669. The predicted molar refractivity (Wildman–Crippen MR) is 109 cm³/mol. The molecule has 0 spiro atoms. The molecule has 1 aromatic heterocycles. The summed E-state index contributed by atoms with van der Waals surface area (Å²) in [4.78, 5) is 24.0. The molecule has 0 atom stereocenters. The van der Waals surface area contributed by atoms with Crippen molar-refractivity contribution < 1.29 is 14.3 Å². The van der Waals surface area contributed by atoms with Crippen LogP contribution >= 0.6 is 0 Å². The van der Waals surface area contributed by atoms with Gasteiger partial charge in [-0.15, -0.1) is 0 Å². The van der Waals surface area contributed by atoms with E-state index in [1.807, 2.05) is 65.4 Å². The Hall–Kier alpha value is -3.28. The Morgan fingerprint density at radius 1 is 0.929 bits per heavy atom. The minimum atomic E-state index is -0.425. The van der Waals surface area contributed by atoms with Crippen molar-refractivity contribution in [2.75, 3.05) is 6.61 Å². The van der Waals surface area contributed by atoms with E-state index in [4.69, 9.17) is 4.74 Å². The molecule has 146 valence electrons. The number of aromatic nitrogens is 1. The number of benzene rings is 2. The molecule has 6 heteroatoms. The van der Waals surface area contributed by atoms with Gasteiger partial charge in [0.2, 0.25) is 0 Å². The van der Waals surface area contributed by atoms with Crippen LogP contribution in [0.3, 0.4) is 0 Å². The van der Waals surface area contributed by atoms with Crippen LogP contribution in [0.1, 0.15) is 26.3 Å². The first kappa shape index (κ1) is 19.5. The Morgan fingerprint density at radius 2 is 1.61 bits per heavy atom. The number of amides is 2. The molecule has 0 bridgehead atoms. The van der Waals surface area contributed by atoms with Crippen molar-refractivity contribution >= 4 is 22.7 Å². The molecule has 0 aliphatic rings. The molecule has 0 unspecified atom stereocenters. The zero-order valence-corrected chi connectivity index (χ0v) is 16.4. The first-order valence-corrected chi connectivity index (χ1v) is 9.18. The highest BCUT2D eigenvalue weighted by molar-refractivity contribution is 5.85. The average molecular weight is 379 g/mol. The van der Waals surface area contributed by atoms with Crippen LogP contribution < -0.4 is 15.6 Å². The van der Waals surface area contributed by atoms with Gasteiger partial charge in [0.1, 0.15) is 12.3 Å². The number of rotatable bonds is 5. The predicted octanol–water partition coefficient (Wildman–Crippen LogP) is 3.17. The Kier molecular flexibility index (Phi) is 5.68. The van der Waals surface area contributed by atoms with Gasteiger partial charge in [0.25, 0.3) is 11.8 Å². The fraction of sp³-hybridized carbons (Fsp3) is 0.273. The lowest BCUT2D eigenvalue weighted by Gasteiger charge is -2.19. The van der Waals surface area contributed by atoms with E-state index < -0.39 is 5.91 Å². The lowest BCUT2D eigenvalue weighted by atomic mass is 9.87. The van der Waals surface area contributed by atoms with Gasteiger partial charge in [-0.1, -0.05) is 51.1 Å². The second-order valence-electron chi connectivity index (χ2n) is 7.66. The van der Waals surface area contributed by atoms with Crippen LogP contribution in [0.15, 0.2) is 60.8 Å². The molecule has 0 radical (unpaired) electrons. The minimum Gasteiger partial charge on any atom is -0.484 e. The third kappa shape index (κ3) is 4.91. The first-order valence-electron chi connectivity index (χ1n) is 9.18. The van der Waals surface area contributed by atoms with Crippen molar-refractivity contribution in [2.24, 2.45) is 0 Å². The molecule has 2 N–H and O–H groups in total. The van der Waals surface area contributed by atoms with E-state index in [1.165, 1.54) is 5.56 Å². The summed E-state index contributed by atoms with van der Waals surface area (Å²) in [6.07, 6.45) is 1.84. The molecule has 2 amide bonds. The van der Waals surface area contributed by atoms with Gasteiger partial charge in [0, 0.05) is 11.7 Å². The number of carbonyl (C=O) groups excluding carboxylic acids is 2. The van der Waals surface area contributed by atoms with Gasteiger partial charge in [0.05, 0.1) is 0 Å². The lowest BCUT2D eigenvalue weighted by molar-refractivity contribution is -0.130. The highest BCUT2D eigenvalue weighted by Crippen LogP contribution is 2.24. The summed E-state index contributed by atoms with van der Waals surface area (Å²) in [7, 11) is 0. The molecular weight excluding hydrogens is 354 g/mol. The maximum Gasteiger partial charge on any atom is 0.276 e. The van der Waals surface area contributed by atoms with Crippen LogP contribution in [0, 0.1) is 0 Å². The van der Waals surface area contributed by atoms with Gasteiger partial charge in [-0.25, -0.2) is 0 Å². The molecule has 0 aliphatic heterocycles. The molecular formula is C22H25N3O3. The SMILES string of the molecule is CC(C)(C)c1ccc(OCC(=O)NNC(=O)Cn2ccc3ccccc32)cc1. The zero-order valence-electron chi connectivity index (χ0n) is 16.4. The summed E-state index contributed by atoms with van der Waals surface area (Å²) in [5.74, 6) is -0.136. The van der Waals surface area contributed by atoms with Crippen molar-refractivity contribution in [3.8, 4) is 5.75 Å². The van der Waals surface area contributed by atoms with Crippen LogP contribution in [0.4, 0.5) is 0 Å². The Labute approximate surface area is 164 Å². The third-order valence-corrected chi connectivity index (χ3v) is 4.43. The van der Waals surface area contributed by atoms with Crippen molar-refractivity contribution in [1.82, 2.24) is 15.4 Å². The Morgan fingerprint density at radius 3 is 2.32 bits per heavy atom. The van der Waals surface area contributed by atoms with Crippen LogP contribution in [0.25, 0.3) is 10.9 Å². The zero-order chi connectivity index (χ0) is 20.1. The lowest BCUT2D eigenvalue weighted by Crippen LogP contribution is -2.45. The summed E-state index contributed by atoms with van der Waals surface area (Å²) in [5, 5.41) is 1.06. The minimum absolute atomic E-state index is 0.0607. The van der Waals surface area contributed by atoms with E-state index >= 15 is 0 Å².